The van der Waals surface area contributed by atoms with Gasteiger partial charge in [0.05, 0.1) is 5.69 Å². The van der Waals surface area contributed by atoms with Crippen LogP contribution in [0.4, 0.5) is 5.69 Å². The number of rotatable bonds is 3. The van der Waals surface area contributed by atoms with E-state index in [0.717, 1.165) is 22.4 Å². The minimum atomic E-state index is -0.634. The average molecular weight is 381 g/mol. The van der Waals surface area contributed by atoms with Crippen molar-refractivity contribution in [3.63, 3.8) is 0 Å². The van der Waals surface area contributed by atoms with Gasteiger partial charge < -0.3 is 14.1 Å². The largest absolute Gasteiger partial charge is 0.450 e. The number of ether oxygens (including phenoxy) is 1. The van der Waals surface area contributed by atoms with Crippen LogP contribution in [0.25, 0.3) is 11.0 Å². The molecule has 1 amide bonds. The summed E-state index contributed by atoms with van der Waals surface area (Å²) in [6, 6.07) is 16.8. The van der Waals surface area contributed by atoms with Gasteiger partial charge in [0.1, 0.15) is 5.58 Å². The van der Waals surface area contributed by atoms with Crippen LogP contribution < -0.4 is 4.90 Å². The van der Waals surface area contributed by atoms with Crippen LogP contribution in [0.1, 0.15) is 23.9 Å². The quantitative estimate of drug-likeness (QED) is 0.625. The van der Waals surface area contributed by atoms with E-state index < -0.39 is 5.97 Å². The summed E-state index contributed by atoms with van der Waals surface area (Å²) in [4.78, 5) is 27.8. The molecule has 27 heavy (non-hydrogen) atoms. The van der Waals surface area contributed by atoms with Crippen molar-refractivity contribution < 1.29 is 18.7 Å². The Balaban J connectivity index is 1.46. The van der Waals surface area contributed by atoms with Gasteiger partial charge in [0.15, 0.2) is 6.61 Å². The van der Waals surface area contributed by atoms with Crippen molar-refractivity contribution in [2.45, 2.75) is 23.5 Å². The molecule has 5 nitrogen and oxygen atoms in total. The summed E-state index contributed by atoms with van der Waals surface area (Å²) >= 11 is 1.76. The molecule has 1 aliphatic heterocycles. The topological polar surface area (TPSA) is 59.8 Å². The van der Waals surface area contributed by atoms with Gasteiger partial charge in [-0.15, -0.1) is 11.8 Å². The van der Waals surface area contributed by atoms with Crippen LogP contribution in [0, 0.1) is 0 Å². The lowest BCUT2D eigenvalue weighted by atomic mass is 10.2. The Morgan fingerprint density at radius 1 is 1.19 bits per heavy atom. The molecule has 0 saturated carbocycles. The number of nitrogens with zero attached hydrogens (tertiary/aromatic N) is 1. The zero-order valence-corrected chi connectivity index (χ0v) is 15.7. The molecule has 0 bridgehead atoms. The number of amides is 1. The van der Waals surface area contributed by atoms with Gasteiger partial charge in [-0.1, -0.05) is 37.3 Å². The van der Waals surface area contributed by atoms with Crippen LogP contribution >= 0.6 is 11.8 Å². The summed E-state index contributed by atoms with van der Waals surface area (Å²) < 4.78 is 10.7. The summed E-state index contributed by atoms with van der Waals surface area (Å²) in [5.74, 6) is -0.767. The van der Waals surface area contributed by atoms with E-state index in [-0.39, 0.29) is 18.3 Å². The number of para-hydroxylation sites is 2. The SMILES string of the molecule is CC1CCN(C(=O)COC(=O)c2cc3ccccc3o2)c2ccccc2S1. The van der Waals surface area contributed by atoms with Gasteiger partial charge >= 0.3 is 5.97 Å². The predicted octanol–water partition coefficient (Wildman–Crippen LogP) is 4.51. The number of hydrogen-bond donors (Lipinski definition) is 0. The Bertz CT molecular complexity index is 964. The van der Waals surface area contributed by atoms with Gasteiger partial charge in [-0.3, -0.25) is 4.79 Å². The molecule has 2 heterocycles. The van der Waals surface area contributed by atoms with Crippen molar-refractivity contribution in [3.8, 4) is 0 Å². The van der Waals surface area contributed by atoms with Crippen molar-refractivity contribution in [3.05, 3.63) is 60.4 Å². The lowest BCUT2D eigenvalue weighted by Crippen LogP contribution is -2.35. The van der Waals surface area contributed by atoms with E-state index in [4.69, 9.17) is 9.15 Å². The monoisotopic (exact) mass is 381 g/mol. The van der Waals surface area contributed by atoms with Crippen LogP contribution in [0.15, 0.2) is 63.9 Å². The number of hydrogen-bond acceptors (Lipinski definition) is 5. The molecular weight excluding hydrogens is 362 g/mol. The molecular formula is C21H19NO4S. The highest BCUT2D eigenvalue weighted by Crippen LogP contribution is 2.37. The first-order chi connectivity index (χ1) is 13.1. The first-order valence-electron chi connectivity index (χ1n) is 8.83. The molecule has 0 radical (unpaired) electrons. The number of thioether (sulfide) groups is 1. The van der Waals surface area contributed by atoms with E-state index in [1.807, 2.05) is 42.5 Å². The second kappa shape index (κ2) is 7.48. The molecule has 138 valence electrons. The molecule has 4 rings (SSSR count). The molecule has 0 spiro atoms. The molecule has 3 aromatic rings. The number of anilines is 1. The highest BCUT2D eigenvalue weighted by molar-refractivity contribution is 8.00. The van der Waals surface area contributed by atoms with Crippen molar-refractivity contribution >= 4 is 40.3 Å². The van der Waals surface area contributed by atoms with Gasteiger partial charge in [-0.05, 0) is 30.7 Å². The van der Waals surface area contributed by atoms with Crippen LogP contribution in [-0.4, -0.2) is 30.3 Å². The van der Waals surface area contributed by atoms with Gasteiger partial charge in [0.25, 0.3) is 5.91 Å². The number of furan rings is 1. The van der Waals surface area contributed by atoms with E-state index in [2.05, 4.69) is 6.92 Å². The van der Waals surface area contributed by atoms with E-state index >= 15 is 0 Å². The van der Waals surface area contributed by atoms with Crippen LogP contribution in [0.2, 0.25) is 0 Å². The molecule has 6 heteroatoms. The number of fused-ring (bicyclic) bond motifs is 2. The third-order valence-electron chi connectivity index (χ3n) is 4.50. The molecule has 1 aliphatic rings. The Morgan fingerprint density at radius 3 is 2.81 bits per heavy atom. The van der Waals surface area contributed by atoms with Gasteiger partial charge in [0, 0.05) is 22.1 Å². The number of carbonyl (C=O) groups is 2. The molecule has 1 aromatic heterocycles. The Hall–Kier alpha value is -2.73. The highest BCUT2D eigenvalue weighted by atomic mass is 32.2. The predicted molar refractivity (Wildman–Crippen MR) is 105 cm³/mol. The van der Waals surface area contributed by atoms with Crippen molar-refractivity contribution in [2.24, 2.45) is 0 Å². The van der Waals surface area contributed by atoms with Crippen molar-refractivity contribution in [1.29, 1.82) is 0 Å². The summed E-state index contributed by atoms with van der Waals surface area (Å²) in [6.07, 6.45) is 0.878. The molecule has 0 fully saturated rings. The second-order valence-electron chi connectivity index (χ2n) is 6.45. The van der Waals surface area contributed by atoms with Gasteiger partial charge in [-0.25, -0.2) is 4.79 Å². The maximum Gasteiger partial charge on any atom is 0.374 e. The minimum absolute atomic E-state index is 0.101. The molecule has 0 aliphatic carbocycles. The van der Waals surface area contributed by atoms with Crippen LogP contribution in [0.3, 0.4) is 0 Å². The molecule has 0 N–H and O–H groups in total. The lowest BCUT2D eigenvalue weighted by Gasteiger charge is -2.22. The number of carbonyl (C=O) groups excluding carboxylic acids is 2. The summed E-state index contributed by atoms with van der Waals surface area (Å²) in [7, 11) is 0. The summed E-state index contributed by atoms with van der Waals surface area (Å²) in [5, 5.41) is 1.24. The highest BCUT2D eigenvalue weighted by Gasteiger charge is 2.25. The second-order valence-corrected chi connectivity index (χ2v) is 7.94. The first-order valence-corrected chi connectivity index (χ1v) is 9.71. The minimum Gasteiger partial charge on any atom is -0.450 e. The zero-order valence-electron chi connectivity index (χ0n) is 14.9. The average Bonchev–Trinajstić information content (AvgIpc) is 3.04. The third-order valence-corrected chi connectivity index (χ3v) is 5.74. The Morgan fingerprint density at radius 2 is 1.96 bits per heavy atom. The molecule has 2 aromatic carbocycles. The van der Waals surface area contributed by atoms with E-state index in [9.17, 15) is 9.59 Å². The normalized spacial score (nSPS) is 16.6. The van der Waals surface area contributed by atoms with Gasteiger partial charge in [0.2, 0.25) is 5.76 Å². The van der Waals surface area contributed by atoms with Crippen LogP contribution in [-0.2, 0) is 9.53 Å². The fourth-order valence-electron chi connectivity index (χ4n) is 3.10. The van der Waals surface area contributed by atoms with E-state index in [1.165, 1.54) is 0 Å². The van der Waals surface area contributed by atoms with Gasteiger partial charge in [-0.2, -0.15) is 0 Å². The maximum atomic E-state index is 12.7. The zero-order chi connectivity index (χ0) is 18.8. The molecule has 0 saturated heterocycles. The maximum absolute atomic E-state index is 12.7. The van der Waals surface area contributed by atoms with Crippen LogP contribution in [0.5, 0.6) is 0 Å². The fraction of sp³-hybridized carbons (Fsp3) is 0.238. The number of benzene rings is 2. The molecule has 1 atom stereocenters. The fourth-order valence-corrected chi connectivity index (χ4v) is 4.22. The van der Waals surface area contributed by atoms with Crippen molar-refractivity contribution in [1.82, 2.24) is 0 Å². The van der Waals surface area contributed by atoms with Crippen molar-refractivity contribution in [2.75, 3.05) is 18.1 Å². The Labute approximate surface area is 161 Å². The third kappa shape index (κ3) is 3.71. The molecule has 1 unspecified atom stereocenters. The van der Waals surface area contributed by atoms with E-state index in [1.54, 1.807) is 28.8 Å². The first kappa shape index (κ1) is 17.7. The Kier molecular flexibility index (Phi) is 4.90. The van der Waals surface area contributed by atoms with E-state index in [0.29, 0.717) is 17.4 Å². The standard InChI is InChI=1S/C21H19NO4S/c1-14-10-11-22(16-7-3-5-9-19(16)27-14)20(23)13-25-21(24)18-12-15-6-2-4-8-17(15)26-18/h2-9,12,14H,10-11,13H2,1H3. The smallest absolute Gasteiger partial charge is 0.374 e. The summed E-state index contributed by atoms with van der Waals surface area (Å²) in [5.41, 5.74) is 1.49. The number of esters is 1. The summed E-state index contributed by atoms with van der Waals surface area (Å²) in [6.45, 7) is 2.44. The lowest BCUT2D eigenvalue weighted by molar-refractivity contribution is -0.121.